The lowest BCUT2D eigenvalue weighted by Crippen LogP contribution is -2.10. The number of methoxy groups -OCH3 is 2. The van der Waals surface area contributed by atoms with Crippen LogP contribution in [0.4, 0.5) is 0 Å². The van der Waals surface area contributed by atoms with E-state index in [1.165, 1.54) is 20.3 Å². The lowest BCUT2D eigenvalue weighted by molar-refractivity contribution is 0.0598. The molecule has 0 aliphatic carbocycles. The minimum absolute atomic E-state index is 0.00277. The van der Waals surface area contributed by atoms with Crippen LogP contribution in [0.5, 0.6) is 0 Å². The molecule has 11 heteroatoms. The topological polar surface area (TPSA) is 82.6 Å². The number of esters is 2. The van der Waals surface area contributed by atoms with Crippen LogP contribution in [0.25, 0.3) is 0 Å². The Morgan fingerprint density at radius 1 is 1.10 bits per heavy atom. The molecule has 0 amide bonds. The number of hydrogen-bond acceptors (Lipinski definition) is 6. The number of aromatic nitrogens is 1. The molecular weight excluding hydrogens is 387 g/mol. The maximum absolute atomic E-state index is 11.4. The van der Waals surface area contributed by atoms with E-state index in [2.05, 4.69) is 48.2 Å². The summed E-state index contributed by atoms with van der Waals surface area (Å²) in [4.78, 5) is 26.5. The molecule has 0 atom stereocenters. The van der Waals surface area contributed by atoms with Gasteiger partial charge in [0, 0.05) is 0 Å². The molecule has 0 fully saturated rings. The number of pyridine rings is 1. The highest BCUT2D eigenvalue weighted by Crippen LogP contribution is 2.61. The Morgan fingerprint density at radius 2 is 1.48 bits per heavy atom. The number of hydrogen-bond donors (Lipinski definition) is 0. The van der Waals surface area contributed by atoms with Crippen molar-refractivity contribution in [2.75, 3.05) is 14.2 Å². The molecule has 1 heterocycles. The Labute approximate surface area is 140 Å². The summed E-state index contributed by atoms with van der Waals surface area (Å²) in [5, 5.41) is -3.22. The lowest BCUT2D eigenvalue weighted by Gasteiger charge is -2.07. The summed E-state index contributed by atoms with van der Waals surface area (Å²) >= 11 is 19.6. The fourth-order valence-corrected chi connectivity index (χ4v) is 1.40. The van der Waals surface area contributed by atoms with Gasteiger partial charge in [-0.1, -0.05) is 11.6 Å². The summed E-state index contributed by atoms with van der Waals surface area (Å²) in [7, 11) is 2.46. The Hall–Kier alpha value is -0.520. The molecular formula is C10H10Cl4NO5P. The zero-order valence-electron chi connectivity index (χ0n) is 11.0. The van der Waals surface area contributed by atoms with Gasteiger partial charge in [-0.15, -0.1) is 0 Å². The summed E-state index contributed by atoms with van der Waals surface area (Å²) < 4.78 is 18.6. The predicted molar refractivity (Wildman–Crippen MR) is 81.8 cm³/mol. The van der Waals surface area contributed by atoms with Crippen LogP contribution in [-0.4, -0.2) is 31.1 Å². The number of carbonyl (C=O) groups excluding carboxylic acids is 2. The minimum Gasteiger partial charge on any atom is -0.465 e. The van der Waals surface area contributed by atoms with E-state index in [0.717, 1.165) is 0 Å². The molecule has 0 spiro atoms. The van der Waals surface area contributed by atoms with Crippen LogP contribution in [0.2, 0.25) is 5.15 Å². The summed E-state index contributed by atoms with van der Waals surface area (Å²) in [6.45, 7) is 1.60. The summed E-state index contributed by atoms with van der Waals surface area (Å²) in [6, 6.07) is 1.31. The minimum atomic E-state index is -3.22. The van der Waals surface area contributed by atoms with E-state index in [-0.39, 0.29) is 16.3 Å². The van der Waals surface area contributed by atoms with Gasteiger partial charge in [-0.05, 0) is 46.7 Å². The second-order valence-electron chi connectivity index (χ2n) is 3.34. The van der Waals surface area contributed by atoms with Gasteiger partial charge in [0.1, 0.15) is 5.15 Å². The third kappa shape index (κ3) is 7.88. The Bertz CT molecular complexity index is 544. The van der Waals surface area contributed by atoms with Crippen molar-refractivity contribution in [2.24, 2.45) is 0 Å². The number of carbonyl (C=O) groups is 2. The fraction of sp³-hybridized carbons (Fsp3) is 0.300. The average Bonchev–Trinajstić information content (AvgIpc) is 2.35. The smallest absolute Gasteiger partial charge is 0.341 e. The molecule has 0 aliphatic rings. The van der Waals surface area contributed by atoms with E-state index in [0.29, 0.717) is 5.69 Å². The number of nitrogens with zero attached hydrogens (tertiary/aromatic N) is 1. The van der Waals surface area contributed by atoms with E-state index in [4.69, 9.17) is 11.6 Å². The zero-order valence-corrected chi connectivity index (χ0v) is 14.9. The normalized spacial score (nSPS) is 10.2. The van der Waals surface area contributed by atoms with Crippen molar-refractivity contribution < 1.29 is 23.6 Å². The largest absolute Gasteiger partial charge is 0.465 e. The Kier molecular flexibility index (Phi) is 8.59. The molecule has 0 unspecified atom stereocenters. The van der Waals surface area contributed by atoms with Crippen molar-refractivity contribution in [1.82, 2.24) is 4.98 Å². The van der Waals surface area contributed by atoms with Crippen molar-refractivity contribution >= 4 is 62.5 Å². The van der Waals surface area contributed by atoms with E-state index < -0.39 is 17.1 Å². The summed E-state index contributed by atoms with van der Waals surface area (Å²) in [6.07, 6.45) is 0. The quantitative estimate of drug-likeness (QED) is 0.417. The SMILES string of the molecule is COC(=O)c1cc(C(=O)OC)c(Cl)nc1C.O=P(Cl)(Cl)Cl. The summed E-state index contributed by atoms with van der Waals surface area (Å²) in [5.74, 6) is -1.23. The van der Waals surface area contributed by atoms with Crippen LogP contribution < -0.4 is 0 Å². The molecule has 0 bridgehead atoms. The predicted octanol–water partition coefficient (Wildman–Crippen LogP) is 4.43. The number of aryl methyl sites for hydroxylation is 1. The third-order valence-electron chi connectivity index (χ3n) is 1.98. The van der Waals surface area contributed by atoms with Gasteiger partial charge >= 0.3 is 17.1 Å². The second-order valence-corrected chi connectivity index (χ2v) is 10.3. The van der Waals surface area contributed by atoms with Crippen molar-refractivity contribution in [3.05, 3.63) is 28.0 Å². The van der Waals surface area contributed by atoms with Gasteiger partial charge in [0.05, 0.1) is 31.0 Å². The lowest BCUT2D eigenvalue weighted by atomic mass is 10.1. The molecule has 1 aromatic rings. The third-order valence-corrected chi connectivity index (χ3v) is 2.27. The number of halogens is 4. The summed E-state index contributed by atoms with van der Waals surface area (Å²) in [5.41, 5.74) is 0.618. The van der Waals surface area contributed by atoms with Gasteiger partial charge in [-0.2, -0.15) is 0 Å². The molecule has 0 N–H and O–H groups in total. The van der Waals surface area contributed by atoms with Gasteiger partial charge in [-0.3, -0.25) is 4.57 Å². The highest BCUT2D eigenvalue weighted by Gasteiger charge is 2.18. The maximum atomic E-state index is 11.4. The van der Waals surface area contributed by atoms with Crippen LogP contribution >= 0.6 is 50.5 Å². The first-order chi connectivity index (χ1) is 9.51. The molecule has 0 aliphatic heterocycles. The monoisotopic (exact) mass is 395 g/mol. The van der Waals surface area contributed by atoms with Crippen molar-refractivity contribution in [3.8, 4) is 0 Å². The molecule has 1 aromatic heterocycles. The highest BCUT2D eigenvalue weighted by molar-refractivity contribution is 8.24. The first-order valence-electron chi connectivity index (χ1n) is 5.04. The standard InChI is InChI=1S/C10H10ClNO4.Cl3OP/c1-5-6(9(13)15-2)4-7(8(11)12-5)10(14)16-3;1-5(2,3)4/h4H,1-3H3;. The molecule has 0 saturated heterocycles. The molecule has 118 valence electrons. The van der Waals surface area contributed by atoms with Crippen molar-refractivity contribution in [2.45, 2.75) is 6.92 Å². The fourth-order valence-electron chi connectivity index (χ4n) is 1.15. The van der Waals surface area contributed by atoms with E-state index in [1.807, 2.05) is 0 Å². The van der Waals surface area contributed by atoms with Crippen molar-refractivity contribution in [1.29, 1.82) is 0 Å². The Balaban J connectivity index is 0.000000690. The van der Waals surface area contributed by atoms with E-state index >= 15 is 0 Å². The number of rotatable bonds is 2. The van der Waals surface area contributed by atoms with Gasteiger partial charge in [0.15, 0.2) is 0 Å². The van der Waals surface area contributed by atoms with Gasteiger partial charge in [0.2, 0.25) is 0 Å². The van der Waals surface area contributed by atoms with Crippen molar-refractivity contribution in [3.63, 3.8) is 0 Å². The molecule has 0 aromatic carbocycles. The zero-order chi connectivity index (χ0) is 16.8. The van der Waals surface area contributed by atoms with Gasteiger partial charge < -0.3 is 9.47 Å². The maximum Gasteiger partial charge on any atom is 0.341 e. The van der Waals surface area contributed by atoms with Crippen LogP contribution in [0.1, 0.15) is 26.4 Å². The Morgan fingerprint density at radius 3 is 1.86 bits per heavy atom. The molecule has 0 radical (unpaired) electrons. The highest BCUT2D eigenvalue weighted by atomic mass is 36.0. The first kappa shape index (κ1) is 20.5. The molecule has 1 rings (SSSR count). The first-order valence-corrected chi connectivity index (χ1v) is 9.84. The van der Waals surface area contributed by atoms with Gasteiger partial charge in [0.25, 0.3) is 0 Å². The second kappa shape index (κ2) is 8.81. The van der Waals surface area contributed by atoms with Crippen LogP contribution in [0.15, 0.2) is 6.07 Å². The molecule has 21 heavy (non-hydrogen) atoms. The van der Waals surface area contributed by atoms with E-state index in [9.17, 15) is 14.2 Å². The number of ether oxygens (including phenoxy) is 2. The van der Waals surface area contributed by atoms with Gasteiger partial charge in [-0.25, -0.2) is 14.6 Å². The molecule has 0 saturated carbocycles. The average molecular weight is 397 g/mol. The van der Waals surface area contributed by atoms with Crippen LogP contribution in [0, 0.1) is 6.92 Å². The van der Waals surface area contributed by atoms with Crippen LogP contribution in [0.3, 0.4) is 0 Å². The van der Waals surface area contributed by atoms with E-state index in [1.54, 1.807) is 6.92 Å². The van der Waals surface area contributed by atoms with Crippen LogP contribution in [-0.2, 0) is 14.0 Å². The molecule has 6 nitrogen and oxygen atoms in total.